The number of likely N-dealkylation sites (N-methyl/N-ethyl adjacent to an activating group) is 1. The summed E-state index contributed by atoms with van der Waals surface area (Å²) in [5, 5.41) is 0. The molecule has 33 heavy (non-hydrogen) atoms. The Morgan fingerprint density at radius 2 is 1.82 bits per heavy atom. The number of hydrogen-bond donors (Lipinski definition) is 0. The Balaban J connectivity index is 1.54. The molecule has 6 nitrogen and oxygen atoms in total. The van der Waals surface area contributed by atoms with E-state index in [2.05, 4.69) is 4.98 Å². The first-order chi connectivity index (χ1) is 16.1. The van der Waals surface area contributed by atoms with E-state index in [1.165, 1.54) is 0 Å². The average molecular weight is 444 g/mol. The van der Waals surface area contributed by atoms with Gasteiger partial charge in [-0.15, -0.1) is 0 Å². The van der Waals surface area contributed by atoms with Crippen LogP contribution in [-0.2, 0) is 22.4 Å². The molecule has 0 aliphatic carbocycles. The summed E-state index contributed by atoms with van der Waals surface area (Å²) in [7, 11) is 1.60. The van der Waals surface area contributed by atoms with Crippen molar-refractivity contribution in [2.24, 2.45) is 0 Å². The Bertz CT molecular complexity index is 1100. The van der Waals surface area contributed by atoms with Crippen molar-refractivity contribution in [1.82, 2.24) is 14.8 Å². The summed E-state index contributed by atoms with van der Waals surface area (Å²) in [4.78, 5) is 34.3. The van der Waals surface area contributed by atoms with Crippen LogP contribution in [0.25, 0.3) is 11.1 Å². The zero-order valence-corrected chi connectivity index (χ0v) is 19.1. The molecular formula is C27H29N3O3. The molecule has 2 amide bonds. The second-order valence-corrected chi connectivity index (χ2v) is 8.15. The van der Waals surface area contributed by atoms with Gasteiger partial charge in [0.1, 0.15) is 11.8 Å². The van der Waals surface area contributed by atoms with E-state index in [0.717, 1.165) is 22.3 Å². The van der Waals surface area contributed by atoms with E-state index in [-0.39, 0.29) is 18.2 Å². The van der Waals surface area contributed by atoms with Gasteiger partial charge in [-0.1, -0.05) is 48.5 Å². The number of pyridine rings is 1. The van der Waals surface area contributed by atoms with Gasteiger partial charge in [-0.3, -0.25) is 14.6 Å². The molecule has 0 spiro atoms. The van der Waals surface area contributed by atoms with Gasteiger partial charge in [-0.05, 0) is 35.7 Å². The Hall–Kier alpha value is -3.67. The predicted molar refractivity (Wildman–Crippen MR) is 128 cm³/mol. The average Bonchev–Trinajstić information content (AvgIpc) is 2.86. The van der Waals surface area contributed by atoms with Crippen molar-refractivity contribution in [3.8, 4) is 16.9 Å². The summed E-state index contributed by atoms with van der Waals surface area (Å²) >= 11 is 0. The van der Waals surface area contributed by atoms with Crippen molar-refractivity contribution < 1.29 is 14.3 Å². The minimum atomic E-state index is -0.509. The van der Waals surface area contributed by atoms with Crippen molar-refractivity contribution in [3.63, 3.8) is 0 Å². The number of ether oxygens (including phenoxy) is 1. The van der Waals surface area contributed by atoms with Crippen LogP contribution in [0.15, 0.2) is 73.1 Å². The largest absolute Gasteiger partial charge is 0.496 e. The summed E-state index contributed by atoms with van der Waals surface area (Å²) in [5.41, 5.74) is 3.97. The molecule has 1 aliphatic rings. The second-order valence-electron chi connectivity index (χ2n) is 8.15. The zero-order chi connectivity index (χ0) is 23.2. The summed E-state index contributed by atoms with van der Waals surface area (Å²) in [5.74, 6) is 0.640. The van der Waals surface area contributed by atoms with Gasteiger partial charge >= 0.3 is 0 Å². The maximum Gasteiger partial charge on any atom is 0.245 e. The van der Waals surface area contributed by atoms with E-state index < -0.39 is 6.04 Å². The fourth-order valence-electron chi connectivity index (χ4n) is 4.35. The molecule has 0 unspecified atom stereocenters. The van der Waals surface area contributed by atoms with Crippen LogP contribution in [0.3, 0.4) is 0 Å². The quantitative estimate of drug-likeness (QED) is 0.560. The normalized spacial score (nSPS) is 16.1. The number of rotatable bonds is 7. The lowest BCUT2D eigenvalue weighted by atomic mass is 9.98. The lowest BCUT2D eigenvalue weighted by Crippen LogP contribution is -2.59. The van der Waals surface area contributed by atoms with Crippen LogP contribution < -0.4 is 4.74 Å². The van der Waals surface area contributed by atoms with Gasteiger partial charge in [-0.25, -0.2) is 0 Å². The van der Waals surface area contributed by atoms with E-state index in [9.17, 15) is 9.59 Å². The molecule has 0 bridgehead atoms. The van der Waals surface area contributed by atoms with Crippen molar-refractivity contribution in [1.29, 1.82) is 0 Å². The number of methoxy groups -OCH3 is 1. The fourth-order valence-corrected chi connectivity index (χ4v) is 4.35. The molecule has 6 heteroatoms. The van der Waals surface area contributed by atoms with Gasteiger partial charge < -0.3 is 14.5 Å². The molecule has 2 aromatic carbocycles. The summed E-state index contributed by atoms with van der Waals surface area (Å²) in [6.45, 7) is 3.71. The van der Waals surface area contributed by atoms with E-state index in [1.54, 1.807) is 18.2 Å². The zero-order valence-electron chi connectivity index (χ0n) is 19.1. The molecule has 0 N–H and O–H groups in total. The Labute approximate surface area is 194 Å². The molecule has 0 radical (unpaired) electrons. The maximum absolute atomic E-state index is 13.3. The van der Waals surface area contributed by atoms with Gasteiger partial charge in [-0.2, -0.15) is 0 Å². The van der Waals surface area contributed by atoms with Gasteiger partial charge in [0, 0.05) is 44.0 Å². The van der Waals surface area contributed by atoms with Gasteiger partial charge in [0.2, 0.25) is 11.8 Å². The SMILES string of the molecule is CCN1CCN(C(=O)Cc2ccccc2OC)[C@@H](Cc2ccc(-c3cccnc3)cc2)C1=O. The minimum absolute atomic E-state index is 0.00784. The third-order valence-corrected chi connectivity index (χ3v) is 6.20. The number of piperazine rings is 1. The number of carbonyl (C=O) groups is 2. The molecule has 1 aromatic heterocycles. The molecule has 3 aromatic rings. The third-order valence-electron chi connectivity index (χ3n) is 6.20. The third kappa shape index (κ3) is 5.06. The fraction of sp³-hybridized carbons (Fsp3) is 0.296. The standard InChI is InChI=1S/C27H29N3O3/c1-3-29-15-16-30(26(31)18-22-7-4-5-9-25(22)33-2)24(27(29)32)17-20-10-12-21(13-11-20)23-8-6-14-28-19-23/h4-14,19,24H,3,15-18H2,1-2H3/t24-/m0/s1. The number of para-hydroxylation sites is 1. The lowest BCUT2D eigenvalue weighted by Gasteiger charge is -2.40. The Kier molecular flexibility index (Phi) is 7.03. The first-order valence-corrected chi connectivity index (χ1v) is 11.3. The number of carbonyl (C=O) groups excluding carboxylic acids is 2. The Morgan fingerprint density at radius 1 is 1.03 bits per heavy atom. The van der Waals surface area contributed by atoms with E-state index in [0.29, 0.717) is 31.8 Å². The summed E-state index contributed by atoms with van der Waals surface area (Å²) in [6.07, 6.45) is 4.28. The van der Waals surface area contributed by atoms with E-state index in [4.69, 9.17) is 4.74 Å². The second kappa shape index (κ2) is 10.3. The van der Waals surface area contributed by atoms with Crippen LogP contribution in [0.1, 0.15) is 18.1 Å². The minimum Gasteiger partial charge on any atom is -0.496 e. The molecular weight excluding hydrogens is 414 g/mol. The molecule has 170 valence electrons. The highest BCUT2D eigenvalue weighted by Gasteiger charge is 2.36. The van der Waals surface area contributed by atoms with Crippen LogP contribution >= 0.6 is 0 Å². The van der Waals surface area contributed by atoms with Crippen molar-refractivity contribution in [3.05, 3.63) is 84.2 Å². The summed E-state index contributed by atoms with van der Waals surface area (Å²) in [6, 6.07) is 19.1. The first kappa shape index (κ1) is 22.5. The molecule has 1 atom stereocenters. The van der Waals surface area contributed by atoms with Crippen LogP contribution in [0.5, 0.6) is 5.75 Å². The molecule has 1 fully saturated rings. The van der Waals surface area contributed by atoms with Gasteiger partial charge in [0.25, 0.3) is 0 Å². The predicted octanol–water partition coefficient (Wildman–Crippen LogP) is 3.60. The lowest BCUT2D eigenvalue weighted by molar-refractivity contribution is -0.150. The highest BCUT2D eigenvalue weighted by Crippen LogP contribution is 2.24. The topological polar surface area (TPSA) is 62.7 Å². The number of nitrogens with zero attached hydrogens (tertiary/aromatic N) is 3. The van der Waals surface area contributed by atoms with Crippen LogP contribution in [0.4, 0.5) is 0 Å². The van der Waals surface area contributed by atoms with Crippen molar-refractivity contribution >= 4 is 11.8 Å². The van der Waals surface area contributed by atoms with E-state index in [1.807, 2.05) is 78.7 Å². The number of hydrogen-bond acceptors (Lipinski definition) is 4. The highest BCUT2D eigenvalue weighted by atomic mass is 16.5. The smallest absolute Gasteiger partial charge is 0.245 e. The number of aromatic nitrogens is 1. The van der Waals surface area contributed by atoms with Crippen LogP contribution in [-0.4, -0.2) is 59.4 Å². The monoisotopic (exact) mass is 443 g/mol. The molecule has 2 heterocycles. The Morgan fingerprint density at radius 3 is 2.52 bits per heavy atom. The van der Waals surface area contributed by atoms with Crippen molar-refractivity contribution in [2.45, 2.75) is 25.8 Å². The van der Waals surface area contributed by atoms with Crippen molar-refractivity contribution in [2.75, 3.05) is 26.7 Å². The molecule has 1 aliphatic heterocycles. The van der Waals surface area contributed by atoms with E-state index >= 15 is 0 Å². The van der Waals surface area contributed by atoms with Crippen LogP contribution in [0, 0.1) is 0 Å². The molecule has 1 saturated heterocycles. The highest BCUT2D eigenvalue weighted by molar-refractivity contribution is 5.90. The summed E-state index contributed by atoms with van der Waals surface area (Å²) < 4.78 is 5.41. The maximum atomic E-state index is 13.3. The number of amides is 2. The number of benzene rings is 2. The molecule has 4 rings (SSSR count). The van der Waals surface area contributed by atoms with Crippen LogP contribution in [0.2, 0.25) is 0 Å². The first-order valence-electron chi connectivity index (χ1n) is 11.3. The van der Waals surface area contributed by atoms with Gasteiger partial charge in [0.05, 0.1) is 13.5 Å². The molecule has 0 saturated carbocycles. The van der Waals surface area contributed by atoms with Gasteiger partial charge in [0.15, 0.2) is 0 Å².